The third-order valence-electron chi connectivity index (χ3n) is 4.81. The fourth-order valence-electron chi connectivity index (χ4n) is 3.47. The Labute approximate surface area is 120 Å². The highest BCUT2D eigenvalue weighted by atomic mass is 16.5. The molecule has 3 fully saturated rings. The molecule has 0 spiro atoms. The molecule has 2 saturated heterocycles. The van der Waals surface area contributed by atoms with Crippen molar-refractivity contribution in [2.24, 2.45) is 0 Å². The van der Waals surface area contributed by atoms with E-state index in [1.807, 2.05) is 0 Å². The van der Waals surface area contributed by atoms with Crippen molar-refractivity contribution in [3.8, 4) is 0 Å². The SMILES string of the molecule is c1c(CNC2CC2)noc1CN1CCN2CCCC2C1. The van der Waals surface area contributed by atoms with Crippen LogP contribution in [0.25, 0.3) is 0 Å². The summed E-state index contributed by atoms with van der Waals surface area (Å²) in [5.74, 6) is 1.02. The number of hydrogen-bond acceptors (Lipinski definition) is 5. The molecule has 1 aliphatic carbocycles. The van der Waals surface area contributed by atoms with Crippen LogP contribution >= 0.6 is 0 Å². The van der Waals surface area contributed by atoms with Crippen LogP contribution in [-0.4, -0.2) is 53.2 Å². The quantitative estimate of drug-likeness (QED) is 0.875. The van der Waals surface area contributed by atoms with Crippen molar-refractivity contribution in [3.63, 3.8) is 0 Å². The van der Waals surface area contributed by atoms with Gasteiger partial charge >= 0.3 is 0 Å². The Morgan fingerprint density at radius 3 is 3.10 bits per heavy atom. The summed E-state index contributed by atoms with van der Waals surface area (Å²) in [4.78, 5) is 5.16. The molecule has 0 amide bonds. The van der Waals surface area contributed by atoms with E-state index in [1.165, 1.54) is 45.3 Å². The fourth-order valence-corrected chi connectivity index (χ4v) is 3.47. The van der Waals surface area contributed by atoms with Gasteiger partial charge in [0.15, 0.2) is 5.76 Å². The van der Waals surface area contributed by atoms with Crippen LogP contribution in [-0.2, 0) is 13.1 Å². The zero-order valence-electron chi connectivity index (χ0n) is 12.1. The summed E-state index contributed by atoms with van der Waals surface area (Å²) in [6.45, 7) is 6.64. The maximum absolute atomic E-state index is 5.49. The normalized spacial score (nSPS) is 27.9. The van der Waals surface area contributed by atoms with Gasteiger partial charge in [-0.1, -0.05) is 5.16 Å². The molecule has 3 heterocycles. The first-order valence-corrected chi connectivity index (χ1v) is 8.01. The third kappa shape index (κ3) is 2.90. The maximum Gasteiger partial charge on any atom is 0.151 e. The summed E-state index contributed by atoms with van der Waals surface area (Å²) in [6, 6.07) is 3.63. The predicted octanol–water partition coefficient (Wildman–Crippen LogP) is 1.21. The first-order chi connectivity index (χ1) is 9.87. The van der Waals surface area contributed by atoms with Crippen molar-refractivity contribution in [1.82, 2.24) is 20.3 Å². The molecule has 3 aliphatic rings. The largest absolute Gasteiger partial charge is 0.360 e. The zero-order chi connectivity index (χ0) is 13.4. The van der Waals surface area contributed by atoms with Gasteiger partial charge < -0.3 is 9.84 Å². The van der Waals surface area contributed by atoms with Gasteiger partial charge in [-0.25, -0.2) is 0 Å². The number of fused-ring (bicyclic) bond motifs is 1. The Bertz CT molecular complexity index is 456. The van der Waals surface area contributed by atoms with Crippen LogP contribution in [0.5, 0.6) is 0 Å². The van der Waals surface area contributed by atoms with Gasteiger partial charge in [-0.3, -0.25) is 9.80 Å². The summed E-state index contributed by atoms with van der Waals surface area (Å²) in [5.41, 5.74) is 1.05. The number of nitrogens with one attached hydrogen (secondary N) is 1. The summed E-state index contributed by atoms with van der Waals surface area (Å²) in [6.07, 6.45) is 5.37. The van der Waals surface area contributed by atoms with Crippen molar-refractivity contribution in [2.45, 2.75) is 50.9 Å². The van der Waals surface area contributed by atoms with E-state index in [2.05, 4.69) is 26.3 Å². The third-order valence-corrected chi connectivity index (χ3v) is 4.81. The van der Waals surface area contributed by atoms with Crippen LogP contribution in [0.4, 0.5) is 0 Å². The molecule has 1 aromatic rings. The van der Waals surface area contributed by atoms with Gasteiger partial charge in [-0.2, -0.15) is 0 Å². The Kier molecular flexibility index (Phi) is 3.50. The highest BCUT2D eigenvalue weighted by Gasteiger charge is 2.30. The molecule has 1 aromatic heterocycles. The number of nitrogens with zero attached hydrogens (tertiary/aromatic N) is 3. The number of aromatic nitrogens is 1. The van der Waals surface area contributed by atoms with Gasteiger partial charge in [-0.05, 0) is 32.2 Å². The Morgan fingerprint density at radius 2 is 2.20 bits per heavy atom. The van der Waals surface area contributed by atoms with Gasteiger partial charge in [0.1, 0.15) is 0 Å². The topological polar surface area (TPSA) is 44.5 Å². The Balaban J connectivity index is 1.29. The fraction of sp³-hybridized carbons (Fsp3) is 0.800. The Morgan fingerprint density at radius 1 is 1.25 bits per heavy atom. The van der Waals surface area contributed by atoms with E-state index in [0.717, 1.165) is 43.2 Å². The lowest BCUT2D eigenvalue weighted by molar-refractivity contribution is 0.0922. The van der Waals surface area contributed by atoms with E-state index in [4.69, 9.17) is 4.52 Å². The Hall–Kier alpha value is -0.910. The maximum atomic E-state index is 5.49. The monoisotopic (exact) mass is 276 g/mol. The molecule has 1 atom stereocenters. The molecular formula is C15H24N4O. The summed E-state index contributed by atoms with van der Waals surface area (Å²) >= 11 is 0. The number of rotatable bonds is 5. The van der Waals surface area contributed by atoms with Crippen molar-refractivity contribution >= 4 is 0 Å². The van der Waals surface area contributed by atoms with Crippen molar-refractivity contribution in [2.75, 3.05) is 26.2 Å². The molecule has 4 rings (SSSR count). The molecule has 1 saturated carbocycles. The molecule has 0 bridgehead atoms. The first-order valence-electron chi connectivity index (χ1n) is 8.01. The van der Waals surface area contributed by atoms with E-state index in [-0.39, 0.29) is 0 Å². The van der Waals surface area contributed by atoms with Gasteiger partial charge in [0, 0.05) is 44.3 Å². The van der Waals surface area contributed by atoms with Gasteiger partial charge in [0.05, 0.1) is 12.2 Å². The minimum atomic E-state index is 0.727. The molecule has 20 heavy (non-hydrogen) atoms. The smallest absolute Gasteiger partial charge is 0.151 e. The van der Waals surface area contributed by atoms with Crippen LogP contribution < -0.4 is 5.32 Å². The lowest BCUT2D eigenvalue weighted by Gasteiger charge is -2.36. The lowest BCUT2D eigenvalue weighted by atomic mass is 10.1. The molecule has 1 unspecified atom stereocenters. The van der Waals surface area contributed by atoms with E-state index < -0.39 is 0 Å². The first kappa shape index (κ1) is 12.8. The minimum absolute atomic E-state index is 0.727. The van der Waals surface area contributed by atoms with Crippen LogP contribution in [0.1, 0.15) is 37.1 Å². The second kappa shape index (κ2) is 5.47. The second-order valence-electron chi connectivity index (χ2n) is 6.51. The number of hydrogen-bond donors (Lipinski definition) is 1. The standard InChI is InChI=1S/C15H24N4O/c1-2-14-10-18(6-7-19(14)5-1)11-15-8-13(17-20-15)9-16-12-3-4-12/h8,12,14,16H,1-7,9-11H2. The minimum Gasteiger partial charge on any atom is -0.360 e. The van der Waals surface area contributed by atoms with E-state index in [1.54, 1.807) is 0 Å². The van der Waals surface area contributed by atoms with Gasteiger partial charge in [-0.15, -0.1) is 0 Å². The van der Waals surface area contributed by atoms with Crippen molar-refractivity contribution in [3.05, 3.63) is 17.5 Å². The van der Waals surface area contributed by atoms with Crippen LogP contribution in [0.15, 0.2) is 10.6 Å². The number of piperazine rings is 1. The van der Waals surface area contributed by atoms with Gasteiger partial charge in [0.2, 0.25) is 0 Å². The summed E-state index contributed by atoms with van der Waals surface area (Å²) in [5, 5.41) is 7.65. The van der Waals surface area contributed by atoms with Crippen LogP contribution in [0, 0.1) is 0 Å². The van der Waals surface area contributed by atoms with Crippen molar-refractivity contribution in [1.29, 1.82) is 0 Å². The second-order valence-corrected chi connectivity index (χ2v) is 6.51. The molecule has 110 valence electrons. The van der Waals surface area contributed by atoms with Crippen molar-refractivity contribution < 1.29 is 4.52 Å². The van der Waals surface area contributed by atoms with Gasteiger partial charge in [0.25, 0.3) is 0 Å². The van der Waals surface area contributed by atoms with E-state index in [0.29, 0.717) is 0 Å². The lowest BCUT2D eigenvalue weighted by Crippen LogP contribution is -2.49. The average molecular weight is 276 g/mol. The molecule has 0 aromatic carbocycles. The molecule has 1 N–H and O–H groups in total. The highest BCUT2D eigenvalue weighted by molar-refractivity contribution is 5.06. The molecular weight excluding hydrogens is 252 g/mol. The zero-order valence-corrected chi connectivity index (χ0v) is 12.1. The summed E-state index contributed by atoms with van der Waals surface area (Å²) in [7, 11) is 0. The molecule has 0 radical (unpaired) electrons. The predicted molar refractivity (Wildman–Crippen MR) is 76.2 cm³/mol. The van der Waals surface area contributed by atoms with E-state index in [9.17, 15) is 0 Å². The highest BCUT2D eigenvalue weighted by Crippen LogP contribution is 2.23. The van der Waals surface area contributed by atoms with Crippen LogP contribution in [0.3, 0.4) is 0 Å². The van der Waals surface area contributed by atoms with E-state index >= 15 is 0 Å². The summed E-state index contributed by atoms with van der Waals surface area (Å²) < 4.78 is 5.49. The molecule has 2 aliphatic heterocycles. The van der Waals surface area contributed by atoms with Crippen LogP contribution in [0.2, 0.25) is 0 Å². The average Bonchev–Trinajstić information content (AvgIpc) is 2.99. The molecule has 5 heteroatoms. The molecule has 5 nitrogen and oxygen atoms in total.